The van der Waals surface area contributed by atoms with Gasteiger partial charge in [0, 0.05) is 0 Å². The molecule has 11 heavy (non-hydrogen) atoms. The molecule has 1 aromatic rings. The van der Waals surface area contributed by atoms with Crippen LogP contribution in [0.3, 0.4) is 0 Å². The third-order valence-electron chi connectivity index (χ3n) is 2.34. The Bertz CT molecular complexity index is 237. The van der Waals surface area contributed by atoms with Crippen molar-refractivity contribution in [1.29, 1.82) is 0 Å². The summed E-state index contributed by atoms with van der Waals surface area (Å²) in [7, 11) is 0. The quantitative estimate of drug-likeness (QED) is 0.690. The normalized spacial score (nSPS) is 18.3. The molecular formula is C9H13NO. The Labute approximate surface area is 66.6 Å². The number of furan rings is 1. The Morgan fingerprint density at radius 2 is 2.45 bits per heavy atom. The van der Waals surface area contributed by atoms with E-state index >= 15 is 0 Å². The van der Waals surface area contributed by atoms with Crippen molar-refractivity contribution < 1.29 is 4.42 Å². The lowest BCUT2D eigenvalue weighted by Gasteiger charge is -2.26. The summed E-state index contributed by atoms with van der Waals surface area (Å²) < 4.78 is 5.21. The molecule has 1 aliphatic rings. The lowest BCUT2D eigenvalue weighted by Crippen LogP contribution is -2.43. The van der Waals surface area contributed by atoms with Crippen LogP contribution in [0.25, 0.3) is 0 Å². The lowest BCUT2D eigenvalue weighted by atomic mass is 9.95. The highest BCUT2D eigenvalue weighted by molar-refractivity contribution is 5.16. The van der Waals surface area contributed by atoms with Crippen LogP contribution in [0.2, 0.25) is 0 Å². The predicted octanol–water partition coefficient (Wildman–Crippen LogP) is 1.35. The van der Waals surface area contributed by atoms with Crippen molar-refractivity contribution in [2.24, 2.45) is 5.92 Å². The van der Waals surface area contributed by atoms with Crippen LogP contribution in [-0.4, -0.2) is 13.1 Å². The molecule has 2 heterocycles. The van der Waals surface area contributed by atoms with Gasteiger partial charge in [0.05, 0.1) is 6.26 Å². The van der Waals surface area contributed by atoms with Crippen LogP contribution in [0.15, 0.2) is 16.7 Å². The van der Waals surface area contributed by atoms with Crippen LogP contribution in [0, 0.1) is 12.8 Å². The zero-order valence-corrected chi connectivity index (χ0v) is 6.76. The summed E-state index contributed by atoms with van der Waals surface area (Å²) in [5.74, 6) is 1.92. The number of rotatable bonds is 2. The van der Waals surface area contributed by atoms with Gasteiger partial charge < -0.3 is 9.73 Å². The Kier molecular flexibility index (Phi) is 1.70. The highest BCUT2D eigenvalue weighted by Gasteiger charge is 2.18. The van der Waals surface area contributed by atoms with E-state index in [2.05, 4.69) is 11.4 Å². The lowest BCUT2D eigenvalue weighted by molar-refractivity contribution is 0.344. The first kappa shape index (κ1) is 6.92. The van der Waals surface area contributed by atoms with Crippen molar-refractivity contribution in [2.75, 3.05) is 13.1 Å². The molecule has 2 nitrogen and oxygen atoms in total. The van der Waals surface area contributed by atoms with Crippen LogP contribution in [0.4, 0.5) is 0 Å². The molecule has 0 saturated carbocycles. The second-order valence-electron chi connectivity index (χ2n) is 3.23. The van der Waals surface area contributed by atoms with Crippen molar-refractivity contribution in [1.82, 2.24) is 5.32 Å². The molecule has 0 aliphatic carbocycles. The van der Waals surface area contributed by atoms with Crippen LogP contribution in [0.5, 0.6) is 0 Å². The molecule has 0 atom stereocenters. The van der Waals surface area contributed by atoms with Crippen molar-refractivity contribution in [3.63, 3.8) is 0 Å². The fourth-order valence-corrected chi connectivity index (χ4v) is 1.43. The van der Waals surface area contributed by atoms with Gasteiger partial charge in [-0.05, 0) is 44.0 Å². The van der Waals surface area contributed by atoms with Gasteiger partial charge in [0.2, 0.25) is 0 Å². The van der Waals surface area contributed by atoms with Gasteiger partial charge in [-0.1, -0.05) is 0 Å². The molecule has 0 bridgehead atoms. The van der Waals surface area contributed by atoms with E-state index in [1.54, 1.807) is 6.26 Å². The summed E-state index contributed by atoms with van der Waals surface area (Å²) >= 11 is 0. The van der Waals surface area contributed by atoms with Crippen LogP contribution in [0.1, 0.15) is 11.3 Å². The van der Waals surface area contributed by atoms with Crippen LogP contribution in [-0.2, 0) is 6.42 Å². The molecule has 1 N–H and O–H groups in total. The van der Waals surface area contributed by atoms with E-state index in [1.807, 2.05) is 6.92 Å². The fourth-order valence-electron chi connectivity index (χ4n) is 1.43. The predicted molar refractivity (Wildman–Crippen MR) is 43.5 cm³/mol. The van der Waals surface area contributed by atoms with E-state index in [0.717, 1.165) is 11.7 Å². The van der Waals surface area contributed by atoms with E-state index in [1.165, 1.54) is 25.1 Å². The molecule has 0 spiro atoms. The second-order valence-corrected chi connectivity index (χ2v) is 3.23. The van der Waals surface area contributed by atoms with Gasteiger partial charge in [0.25, 0.3) is 0 Å². The topological polar surface area (TPSA) is 25.2 Å². The van der Waals surface area contributed by atoms with Crippen LogP contribution >= 0.6 is 0 Å². The van der Waals surface area contributed by atoms with Gasteiger partial charge in [-0.25, -0.2) is 0 Å². The van der Waals surface area contributed by atoms with Gasteiger partial charge >= 0.3 is 0 Å². The first-order valence-corrected chi connectivity index (χ1v) is 4.10. The molecule has 0 radical (unpaired) electrons. The van der Waals surface area contributed by atoms with Gasteiger partial charge in [-0.2, -0.15) is 0 Å². The summed E-state index contributed by atoms with van der Waals surface area (Å²) in [5, 5.41) is 3.26. The molecule has 1 saturated heterocycles. The van der Waals surface area contributed by atoms with Crippen molar-refractivity contribution in [3.05, 3.63) is 23.7 Å². The summed E-state index contributed by atoms with van der Waals surface area (Å²) in [6, 6.07) is 2.08. The third kappa shape index (κ3) is 1.31. The molecule has 1 aromatic heterocycles. The summed E-state index contributed by atoms with van der Waals surface area (Å²) in [6.07, 6.45) is 2.95. The minimum atomic E-state index is 0.839. The summed E-state index contributed by atoms with van der Waals surface area (Å²) in [6.45, 7) is 4.37. The number of nitrogens with one attached hydrogen (secondary N) is 1. The van der Waals surface area contributed by atoms with E-state index in [0.29, 0.717) is 0 Å². The first-order chi connectivity index (χ1) is 5.36. The van der Waals surface area contributed by atoms with Gasteiger partial charge in [-0.3, -0.25) is 0 Å². The first-order valence-electron chi connectivity index (χ1n) is 4.10. The maximum atomic E-state index is 5.21. The Morgan fingerprint density at radius 3 is 2.91 bits per heavy atom. The van der Waals surface area contributed by atoms with Crippen molar-refractivity contribution in [2.45, 2.75) is 13.3 Å². The third-order valence-corrected chi connectivity index (χ3v) is 2.34. The van der Waals surface area contributed by atoms with E-state index in [-0.39, 0.29) is 0 Å². The molecule has 2 rings (SSSR count). The van der Waals surface area contributed by atoms with E-state index in [4.69, 9.17) is 4.42 Å². The molecule has 60 valence electrons. The van der Waals surface area contributed by atoms with Gasteiger partial charge in [0.1, 0.15) is 5.76 Å². The molecular weight excluding hydrogens is 138 g/mol. The highest BCUT2D eigenvalue weighted by atomic mass is 16.3. The SMILES string of the molecule is Cc1occc1CC1CNC1. The minimum Gasteiger partial charge on any atom is -0.469 e. The number of aryl methyl sites for hydroxylation is 1. The molecule has 0 amide bonds. The average Bonchev–Trinajstić information content (AvgIpc) is 2.27. The second kappa shape index (κ2) is 2.70. The number of hydrogen-bond donors (Lipinski definition) is 1. The monoisotopic (exact) mass is 151 g/mol. The van der Waals surface area contributed by atoms with Crippen molar-refractivity contribution in [3.8, 4) is 0 Å². The Hall–Kier alpha value is -0.760. The minimum absolute atomic E-state index is 0.839. The Morgan fingerprint density at radius 1 is 1.64 bits per heavy atom. The smallest absolute Gasteiger partial charge is 0.103 e. The van der Waals surface area contributed by atoms with E-state index in [9.17, 15) is 0 Å². The molecule has 2 heteroatoms. The maximum absolute atomic E-state index is 5.21. The molecule has 0 aromatic carbocycles. The standard InChI is InChI=1S/C9H13NO/c1-7-9(2-3-11-7)4-8-5-10-6-8/h2-3,8,10H,4-6H2,1H3. The van der Waals surface area contributed by atoms with Gasteiger partial charge in [0.15, 0.2) is 0 Å². The zero-order valence-electron chi connectivity index (χ0n) is 6.76. The molecule has 0 unspecified atom stereocenters. The molecule has 1 aliphatic heterocycles. The van der Waals surface area contributed by atoms with Gasteiger partial charge in [-0.15, -0.1) is 0 Å². The van der Waals surface area contributed by atoms with Crippen molar-refractivity contribution >= 4 is 0 Å². The maximum Gasteiger partial charge on any atom is 0.103 e. The highest BCUT2D eigenvalue weighted by Crippen LogP contribution is 2.16. The van der Waals surface area contributed by atoms with E-state index < -0.39 is 0 Å². The average molecular weight is 151 g/mol. The summed E-state index contributed by atoms with van der Waals surface area (Å²) in [4.78, 5) is 0. The zero-order chi connectivity index (χ0) is 7.68. The van der Waals surface area contributed by atoms with Crippen LogP contribution < -0.4 is 5.32 Å². The Balaban J connectivity index is 1.99. The fraction of sp³-hybridized carbons (Fsp3) is 0.556. The largest absolute Gasteiger partial charge is 0.469 e. The molecule has 1 fully saturated rings. The number of hydrogen-bond acceptors (Lipinski definition) is 2. The summed E-state index contributed by atoms with van der Waals surface area (Å²) in [5.41, 5.74) is 1.37.